The highest BCUT2D eigenvalue weighted by Gasteiger charge is 2.42. The zero-order valence-corrected chi connectivity index (χ0v) is 19.1. The highest BCUT2D eigenvalue weighted by atomic mass is 16.3. The number of aliphatic hydroxyl groups is 1. The van der Waals surface area contributed by atoms with Crippen LogP contribution in [0.15, 0.2) is 18.6 Å². The number of aromatic nitrogens is 6. The predicted molar refractivity (Wildman–Crippen MR) is 114 cm³/mol. The molecule has 0 unspecified atom stereocenters. The molecule has 0 atom stereocenters. The summed E-state index contributed by atoms with van der Waals surface area (Å²) in [5.74, 6) is 3.46. The predicted octanol–water partition coefficient (Wildman–Crippen LogP) is 3.54. The molecule has 0 radical (unpaired) electrons. The Morgan fingerprint density at radius 1 is 0.621 bits per heavy atom. The topological polar surface area (TPSA) is 73.7 Å². The minimum atomic E-state index is -1.53. The third-order valence-corrected chi connectivity index (χ3v) is 5.40. The maximum absolute atomic E-state index is 12.2. The Labute approximate surface area is 173 Å². The lowest BCUT2D eigenvalue weighted by molar-refractivity contribution is 0.112. The van der Waals surface area contributed by atoms with E-state index in [1.807, 2.05) is 53.4 Å². The Hall–Kier alpha value is -2.41. The van der Waals surface area contributed by atoms with Crippen LogP contribution in [-0.2, 0) is 26.7 Å². The highest BCUT2D eigenvalue weighted by Crippen LogP contribution is 2.37. The summed E-state index contributed by atoms with van der Waals surface area (Å²) in [5.41, 5.74) is 0.113. The largest absolute Gasteiger partial charge is 0.372 e. The minimum Gasteiger partial charge on any atom is -0.372 e. The van der Waals surface area contributed by atoms with E-state index in [4.69, 9.17) is 15.0 Å². The molecule has 158 valence electrons. The number of hydrogen-bond donors (Lipinski definition) is 1. The van der Waals surface area contributed by atoms with E-state index in [1.54, 1.807) is 0 Å². The van der Waals surface area contributed by atoms with Gasteiger partial charge in [0.25, 0.3) is 0 Å². The zero-order valence-electron chi connectivity index (χ0n) is 19.1. The summed E-state index contributed by atoms with van der Waals surface area (Å²) in [4.78, 5) is 14.4. The van der Waals surface area contributed by atoms with Crippen LogP contribution < -0.4 is 0 Å². The number of nitrogens with zero attached hydrogens (tertiary/aromatic N) is 6. The molecule has 0 fully saturated rings. The molecular weight excluding hydrogens is 364 g/mol. The molecule has 0 saturated carbocycles. The minimum absolute atomic E-state index is 0.239. The van der Waals surface area contributed by atoms with Crippen LogP contribution in [0.2, 0.25) is 0 Å². The summed E-state index contributed by atoms with van der Waals surface area (Å²) in [5, 5.41) is 12.2. The molecule has 29 heavy (non-hydrogen) atoms. The molecule has 3 heterocycles. The maximum atomic E-state index is 12.2. The summed E-state index contributed by atoms with van der Waals surface area (Å²) in [6.07, 6.45) is 5.67. The van der Waals surface area contributed by atoms with Crippen molar-refractivity contribution in [2.75, 3.05) is 0 Å². The van der Waals surface area contributed by atoms with Gasteiger partial charge >= 0.3 is 0 Å². The van der Waals surface area contributed by atoms with E-state index in [9.17, 15) is 5.11 Å². The van der Waals surface area contributed by atoms with E-state index in [1.165, 1.54) is 0 Å². The second-order valence-corrected chi connectivity index (χ2v) is 8.96. The molecule has 0 aromatic carbocycles. The molecule has 7 heteroatoms. The van der Waals surface area contributed by atoms with Crippen LogP contribution in [0.3, 0.4) is 0 Å². The van der Waals surface area contributed by atoms with Crippen molar-refractivity contribution in [3.63, 3.8) is 0 Å². The van der Waals surface area contributed by atoms with Crippen molar-refractivity contribution in [3.8, 4) is 0 Å². The molecule has 3 aromatic heterocycles. The van der Waals surface area contributed by atoms with Crippen molar-refractivity contribution < 1.29 is 5.11 Å². The van der Waals surface area contributed by atoms with Gasteiger partial charge in [-0.3, -0.25) is 0 Å². The standard InChI is InChI=1S/C22H34N6O/c1-13(2)19-23-16(10-26(19)7)22(29,17-11-27(8)20(24-17)14(3)4)18-12-28(9)21(25-18)15(5)6/h10-15,29H,1-9H3. The van der Waals surface area contributed by atoms with Crippen molar-refractivity contribution in [2.24, 2.45) is 21.1 Å². The fourth-order valence-electron chi connectivity index (χ4n) is 3.97. The third-order valence-electron chi connectivity index (χ3n) is 5.40. The normalized spacial score (nSPS) is 12.7. The lowest BCUT2D eigenvalue weighted by Crippen LogP contribution is -2.31. The van der Waals surface area contributed by atoms with Crippen molar-refractivity contribution in [2.45, 2.75) is 64.9 Å². The monoisotopic (exact) mass is 398 g/mol. The van der Waals surface area contributed by atoms with Gasteiger partial charge in [0.1, 0.15) is 34.6 Å². The lowest BCUT2D eigenvalue weighted by Gasteiger charge is -2.22. The van der Waals surface area contributed by atoms with Gasteiger partial charge in [0, 0.05) is 57.5 Å². The molecule has 0 aliphatic rings. The second kappa shape index (κ2) is 7.44. The van der Waals surface area contributed by atoms with Crippen LogP contribution in [0.4, 0.5) is 0 Å². The summed E-state index contributed by atoms with van der Waals surface area (Å²) < 4.78 is 5.93. The maximum Gasteiger partial charge on any atom is 0.195 e. The van der Waals surface area contributed by atoms with E-state index in [2.05, 4.69) is 41.5 Å². The van der Waals surface area contributed by atoms with Gasteiger partial charge in [-0.05, 0) is 0 Å². The average molecular weight is 399 g/mol. The van der Waals surface area contributed by atoms with E-state index in [0.29, 0.717) is 17.1 Å². The second-order valence-electron chi connectivity index (χ2n) is 8.96. The van der Waals surface area contributed by atoms with E-state index < -0.39 is 5.60 Å². The van der Waals surface area contributed by atoms with E-state index >= 15 is 0 Å². The van der Waals surface area contributed by atoms with Crippen molar-refractivity contribution in [1.29, 1.82) is 0 Å². The first-order valence-electron chi connectivity index (χ1n) is 10.3. The van der Waals surface area contributed by atoms with Crippen LogP contribution in [0.25, 0.3) is 0 Å². The van der Waals surface area contributed by atoms with Gasteiger partial charge in [-0.1, -0.05) is 41.5 Å². The number of hydrogen-bond acceptors (Lipinski definition) is 4. The third kappa shape index (κ3) is 3.52. The zero-order chi connectivity index (χ0) is 21.7. The average Bonchev–Trinajstić information content (AvgIpc) is 3.31. The molecule has 0 bridgehead atoms. The Balaban J connectivity index is 2.28. The van der Waals surface area contributed by atoms with Gasteiger partial charge in [0.2, 0.25) is 0 Å². The highest BCUT2D eigenvalue weighted by molar-refractivity contribution is 5.38. The van der Waals surface area contributed by atoms with E-state index in [-0.39, 0.29) is 17.8 Å². The molecule has 0 saturated heterocycles. The summed E-state index contributed by atoms with van der Waals surface area (Å²) in [6.45, 7) is 12.6. The van der Waals surface area contributed by atoms with Gasteiger partial charge in [-0.25, -0.2) is 15.0 Å². The first-order valence-corrected chi connectivity index (χ1v) is 10.3. The van der Waals surface area contributed by atoms with Crippen molar-refractivity contribution in [1.82, 2.24) is 28.7 Å². The van der Waals surface area contributed by atoms with Gasteiger partial charge in [-0.2, -0.15) is 0 Å². The van der Waals surface area contributed by atoms with Gasteiger partial charge in [0.15, 0.2) is 5.60 Å². The fourth-order valence-corrected chi connectivity index (χ4v) is 3.97. The first-order chi connectivity index (χ1) is 13.5. The molecule has 1 N–H and O–H groups in total. The molecule has 0 amide bonds. The smallest absolute Gasteiger partial charge is 0.195 e. The van der Waals surface area contributed by atoms with Gasteiger partial charge < -0.3 is 18.8 Å². The molecule has 7 nitrogen and oxygen atoms in total. The molecule has 3 rings (SSSR count). The van der Waals surface area contributed by atoms with E-state index in [0.717, 1.165) is 17.5 Å². The lowest BCUT2D eigenvalue weighted by atomic mass is 9.93. The van der Waals surface area contributed by atoms with Crippen LogP contribution in [0.5, 0.6) is 0 Å². The summed E-state index contributed by atoms with van der Waals surface area (Å²) >= 11 is 0. The molecule has 0 aliphatic carbocycles. The molecule has 0 spiro atoms. The summed E-state index contributed by atoms with van der Waals surface area (Å²) in [6, 6.07) is 0. The Kier molecular flexibility index (Phi) is 5.47. The van der Waals surface area contributed by atoms with Gasteiger partial charge in [0.05, 0.1) is 0 Å². The van der Waals surface area contributed by atoms with Crippen LogP contribution in [0.1, 0.15) is 93.9 Å². The molecular formula is C22H34N6O. The molecule has 0 aliphatic heterocycles. The summed E-state index contributed by atoms with van der Waals surface area (Å²) in [7, 11) is 5.88. The number of aryl methyl sites for hydroxylation is 3. The molecule has 3 aromatic rings. The SMILES string of the molecule is CC(C)c1nc(C(O)(c2cn(C)c(C(C)C)n2)c2cn(C)c(C(C)C)n2)cn1C. The number of imidazole rings is 3. The van der Waals surface area contributed by atoms with Crippen molar-refractivity contribution in [3.05, 3.63) is 53.1 Å². The van der Waals surface area contributed by atoms with Crippen molar-refractivity contribution >= 4 is 0 Å². The Bertz CT molecular complexity index is 878. The number of rotatable bonds is 6. The van der Waals surface area contributed by atoms with Gasteiger partial charge in [-0.15, -0.1) is 0 Å². The Morgan fingerprint density at radius 2 is 0.862 bits per heavy atom. The fraction of sp³-hybridized carbons (Fsp3) is 0.591. The quantitative estimate of drug-likeness (QED) is 0.689. The van der Waals surface area contributed by atoms with Crippen LogP contribution in [-0.4, -0.2) is 33.8 Å². The van der Waals surface area contributed by atoms with Crippen LogP contribution in [0, 0.1) is 0 Å². The van der Waals surface area contributed by atoms with Crippen LogP contribution >= 0.6 is 0 Å². The first kappa shape index (κ1) is 21.3. The Morgan fingerprint density at radius 3 is 1.03 bits per heavy atom.